The first-order chi connectivity index (χ1) is 5.93. The summed E-state index contributed by atoms with van der Waals surface area (Å²) in [7, 11) is 1.31. The molecule has 0 radical (unpaired) electrons. The SMILES string of the molecule is CCC(F)(F)COC(=O)C(C)OC. The summed E-state index contributed by atoms with van der Waals surface area (Å²) in [4.78, 5) is 10.9. The van der Waals surface area contributed by atoms with Crippen LogP contribution in [0, 0.1) is 0 Å². The van der Waals surface area contributed by atoms with Gasteiger partial charge in [0.05, 0.1) is 0 Å². The van der Waals surface area contributed by atoms with Gasteiger partial charge in [0.15, 0.2) is 12.7 Å². The Balaban J connectivity index is 3.83. The average Bonchev–Trinajstić information content (AvgIpc) is 2.13. The predicted molar refractivity (Wildman–Crippen MR) is 42.7 cm³/mol. The number of carbonyl (C=O) groups excluding carboxylic acids is 1. The van der Waals surface area contributed by atoms with Crippen molar-refractivity contribution in [1.29, 1.82) is 0 Å². The van der Waals surface area contributed by atoms with Crippen LogP contribution in [-0.4, -0.2) is 31.7 Å². The van der Waals surface area contributed by atoms with E-state index >= 15 is 0 Å². The van der Waals surface area contributed by atoms with Crippen LogP contribution in [0.25, 0.3) is 0 Å². The Kier molecular flexibility index (Phi) is 4.83. The normalized spacial score (nSPS) is 13.9. The van der Waals surface area contributed by atoms with Crippen LogP contribution in [0.5, 0.6) is 0 Å². The molecule has 5 heteroatoms. The lowest BCUT2D eigenvalue weighted by Gasteiger charge is -2.15. The summed E-state index contributed by atoms with van der Waals surface area (Å²) in [5.41, 5.74) is 0. The van der Waals surface area contributed by atoms with Gasteiger partial charge in [-0.2, -0.15) is 0 Å². The fraction of sp³-hybridized carbons (Fsp3) is 0.875. The van der Waals surface area contributed by atoms with Gasteiger partial charge >= 0.3 is 5.97 Å². The third-order valence-corrected chi connectivity index (χ3v) is 1.63. The van der Waals surface area contributed by atoms with Gasteiger partial charge in [-0.3, -0.25) is 0 Å². The monoisotopic (exact) mass is 196 g/mol. The zero-order chi connectivity index (χ0) is 10.5. The van der Waals surface area contributed by atoms with Gasteiger partial charge in [0.25, 0.3) is 5.92 Å². The van der Waals surface area contributed by atoms with Gasteiger partial charge in [0.1, 0.15) is 0 Å². The second-order valence-electron chi connectivity index (χ2n) is 2.70. The first-order valence-corrected chi connectivity index (χ1v) is 4.00. The maximum absolute atomic E-state index is 12.6. The molecule has 3 nitrogen and oxygen atoms in total. The van der Waals surface area contributed by atoms with Crippen LogP contribution in [0.1, 0.15) is 20.3 Å². The highest BCUT2D eigenvalue weighted by atomic mass is 19.3. The van der Waals surface area contributed by atoms with Gasteiger partial charge in [-0.15, -0.1) is 0 Å². The molecule has 0 aromatic rings. The molecule has 0 aliphatic carbocycles. The van der Waals surface area contributed by atoms with Crippen LogP contribution in [0.2, 0.25) is 0 Å². The zero-order valence-electron chi connectivity index (χ0n) is 7.97. The van der Waals surface area contributed by atoms with E-state index in [1.54, 1.807) is 0 Å². The topological polar surface area (TPSA) is 35.5 Å². The van der Waals surface area contributed by atoms with Gasteiger partial charge in [0, 0.05) is 13.5 Å². The Morgan fingerprint density at radius 3 is 2.46 bits per heavy atom. The third-order valence-electron chi connectivity index (χ3n) is 1.63. The Morgan fingerprint density at radius 2 is 2.08 bits per heavy atom. The summed E-state index contributed by atoms with van der Waals surface area (Å²) in [5, 5.41) is 0. The standard InChI is InChI=1S/C8H14F2O3/c1-4-8(9,10)5-13-7(11)6(2)12-3/h6H,4-5H2,1-3H3. The fourth-order valence-corrected chi connectivity index (χ4v) is 0.492. The summed E-state index contributed by atoms with van der Waals surface area (Å²) in [5.74, 6) is -3.71. The number of rotatable bonds is 5. The van der Waals surface area contributed by atoms with Crippen LogP contribution >= 0.6 is 0 Å². The van der Waals surface area contributed by atoms with Gasteiger partial charge < -0.3 is 9.47 Å². The Bertz CT molecular complexity index is 171. The van der Waals surface area contributed by atoms with E-state index in [1.165, 1.54) is 21.0 Å². The number of hydrogen-bond acceptors (Lipinski definition) is 3. The quantitative estimate of drug-likeness (QED) is 0.626. The van der Waals surface area contributed by atoms with Crippen molar-refractivity contribution in [1.82, 2.24) is 0 Å². The largest absolute Gasteiger partial charge is 0.457 e. The number of esters is 1. The highest BCUT2D eigenvalue weighted by Crippen LogP contribution is 2.17. The molecular weight excluding hydrogens is 182 g/mol. The van der Waals surface area contributed by atoms with E-state index in [4.69, 9.17) is 0 Å². The number of carbonyl (C=O) groups is 1. The fourth-order valence-electron chi connectivity index (χ4n) is 0.492. The summed E-state index contributed by atoms with van der Waals surface area (Å²) < 4.78 is 34.1. The lowest BCUT2D eigenvalue weighted by Crippen LogP contribution is -2.29. The van der Waals surface area contributed by atoms with Crippen molar-refractivity contribution in [2.24, 2.45) is 0 Å². The van der Waals surface area contributed by atoms with E-state index in [1.807, 2.05) is 0 Å². The summed E-state index contributed by atoms with van der Waals surface area (Å²) in [6, 6.07) is 0. The van der Waals surface area contributed by atoms with Gasteiger partial charge in [-0.1, -0.05) is 6.92 Å². The highest BCUT2D eigenvalue weighted by molar-refractivity contribution is 5.74. The number of alkyl halides is 2. The molecule has 0 saturated heterocycles. The first-order valence-electron chi connectivity index (χ1n) is 4.00. The molecule has 0 rings (SSSR count). The van der Waals surface area contributed by atoms with Crippen molar-refractivity contribution in [2.75, 3.05) is 13.7 Å². The first kappa shape index (κ1) is 12.3. The van der Waals surface area contributed by atoms with Crippen LogP contribution in [0.4, 0.5) is 8.78 Å². The van der Waals surface area contributed by atoms with Gasteiger partial charge in [-0.25, -0.2) is 13.6 Å². The lowest BCUT2D eigenvalue weighted by molar-refractivity contribution is -0.165. The molecule has 0 bridgehead atoms. The third kappa shape index (κ3) is 4.77. The zero-order valence-corrected chi connectivity index (χ0v) is 7.97. The summed E-state index contributed by atoms with van der Waals surface area (Å²) in [6.45, 7) is 1.88. The lowest BCUT2D eigenvalue weighted by atomic mass is 10.3. The Morgan fingerprint density at radius 1 is 1.54 bits per heavy atom. The van der Waals surface area contributed by atoms with Crippen molar-refractivity contribution >= 4 is 5.97 Å². The molecule has 0 amide bonds. The van der Waals surface area contributed by atoms with Crippen molar-refractivity contribution < 1.29 is 23.0 Å². The molecule has 0 saturated carbocycles. The second kappa shape index (κ2) is 5.11. The summed E-state index contributed by atoms with van der Waals surface area (Å²) >= 11 is 0. The molecule has 0 N–H and O–H groups in total. The average molecular weight is 196 g/mol. The smallest absolute Gasteiger partial charge is 0.335 e. The maximum Gasteiger partial charge on any atom is 0.335 e. The predicted octanol–water partition coefficient (Wildman–Crippen LogP) is 1.61. The van der Waals surface area contributed by atoms with Gasteiger partial charge in [-0.05, 0) is 6.92 Å². The minimum atomic E-state index is -2.94. The molecule has 13 heavy (non-hydrogen) atoms. The van der Waals surface area contributed by atoms with E-state index in [0.717, 1.165) is 0 Å². The molecule has 0 aromatic heterocycles. The van der Waals surface area contributed by atoms with E-state index in [-0.39, 0.29) is 6.42 Å². The van der Waals surface area contributed by atoms with E-state index in [2.05, 4.69) is 9.47 Å². The molecular formula is C8H14F2O3. The van der Waals surface area contributed by atoms with Crippen molar-refractivity contribution in [2.45, 2.75) is 32.3 Å². The highest BCUT2D eigenvalue weighted by Gasteiger charge is 2.29. The van der Waals surface area contributed by atoms with Crippen molar-refractivity contribution in [3.8, 4) is 0 Å². The van der Waals surface area contributed by atoms with Gasteiger partial charge in [0.2, 0.25) is 0 Å². The summed E-state index contributed by atoms with van der Waals surface area (Å²) in [6.07, 6.45) is -1.14. The van der Waals surface area contributed by atoms with E-state index in [9.17, 15) is 13.6 Å². The Labute approximate surface area is 76.0 Å². The molecule has 0 aliphatic rings. The molecule has 0 fully saturated rings. The number of methoxy groups -OCH3 is 1. The molecule has 0 aromatic carbocycles. The molecule has 0 spiro atoms. The van der Waals surface area contributed by atoms with Crippen LogP contribution < -0.4 is 0 Å². The maximum atomic E-state index is 12.6. The van der Waals surface area contributed by atoms with E-state index < -0.39 is 24.6 Å². The second-order valence-corrected chi connectivity index (χ2v) is 2.70. The number of hydrogen-bond donors (Lipinski definition) is 0. The van der Waals surface area contributed by atoms with Crippen LogP contribution in [-0.2, 0) is 14.3 Å². The number of ether oxygens (including phenoxy) is 2. The van der Waals surface area contributed by atoms with Crippen LogP contribution in [0.15, 0.2) is 0 Å². The minimum Gasteiger partial charge on any atom is -0.457 e. The van der Waals surface area contributed by atoms with Crippen molar-refractivity contribution in [3.63, 3.8) is 0 Å². The number of halogens is 2. The van der Waals surface area contributed by atoms with E-state index in [0.29, 0.717) is 0 Å². The Hall–Kier alpha value is -0.710. The molecule has 1 atom stereocenters. The molecule has 78 valence electrons. The molecule has 0 heterocycles. The van der Waals surface area contributed by atoms with Crippen molar-refractivity contribution in [3.05, 3.63) is 0 Å². The van der Waals surface area contributed by atoms with Crippen LogP contribution in [0.3, 0.4) is 0 Å². The molecule has 1 unspecified atom stereocenters. The molecule has 0 aliphatic heterocycles. The minimum absolute atomic E-state index is 0.346.